The molecule has 0 saturated heterocycles. The van der Waals surface area contributed by atoms with E-state index in [1.807, 2.05) is 36.4 Å². The van der Waals surface area contributed by atoms with Crippen LogP contribution in [0.25, 0.3) is 0 Å². The van der Waals surface area contributed by atoms with Crippen molar-refractivity contribution in [2.24, 2.45) is 0 Å². The minimum Gasteiger partial charge on any atom is -0.345 e. The number of carbonyl (C=O) groups excluding carboxylic acids is 1. The number of pyridine rings is 1. The fourth-order valence-electron chi connectivity index (χ4n) is 4.59. The molecule has 2 aromatic heterocycles. The van der Waals surface area contributed by atoms with E-state index in [-0.39, 0.29) is 11.5 Å². The number of anilines is 1. The number of nitrogens with zero attached hydrogens (tertiary/aromatic N) is 2. The molecule has 5 heteroatoms. The van der Waals surface area contributed by atoms with E-state index >= 15 is 0 Å². The van der Waals surface area contributed by atoms with Crippen LogP contribution in [0.3, 0.4) is 0 Å². The van der Waals surface area contributed by atoms with E-state index in [0.29, 0.717) is 12.6 Å². The maximum Gasteiger partial charge on any atom is 0.257 e. The maximum atomic E-state index is 12.9. The third-order valence-corrected chi connectivity index (χ3v) is 6.13. The van der Waals surface area contributed by atoms with Gasteiger partial charge in [-0.15, -0.1) is 0 Å². The summed E-state index contributed by atoms with van der Waals surface area (Å²) in [5.74, 6) is -0.0720. The van der Waals surface area contributed by atoms with Crippen LogP contribution < -0.4 is 10.9 Å². The Morgan fingerprint density at radius 2 is 1.77 bits per heavy atom. The van der Waals surface area contributed by atoms with Crippen molar-refractivity contribution < 1.29 is 4.79 Å². The van der Waals surface area contributed by atoms with E-state index < -0.39 is 0 Å². The number of aromatic nitrogens is 2. The Bertz CT molecular complexity index is 1090. The zero-order chi connectivity index (χ0) is 21.1. The normalized spacial score (nSPS) is 14.6. The van der Waals surface area contributed by atoms with Gasteiger partial charge < -0.3 is 14.5 Å². The second-order valence-electron chi connectivity index (χ2n) is 8.26. The van der Waals surface area contributed by atoms with E-state index in [2.05, 4.69) is 23.7 Å². The van der Waals surface area contributed by atoms with Gasteiger partial charge >= 0.3 is 0 Å². The van der Waals surface area contributed by atoms with E-state index in [4.69, 9.17) is 0 Å². The summed E-state index contributed by atoms with van der Waals surface area (Å²) < 4.78 is 4.02. The smallest absolute Gasteiger partial charge is 0.257 e. The molecule has 0 radical (unpaired) electrons. The molecule has 1 saturated carbocycles. The first kappa shape index (κ1) is 20.2. The Morgan fingerprint density at radius 3 is 2.47 bits per heavy atom. The zero-order valence-corrected chi connectivity index (χ0v) is 17.7. The molecule has 0 unspecified atom stereocenters. The Kier molecular flexibility index (Phi) is 5.88. The van der Waals surface area contributed by atoms with Crippen molar-refractivity contribution in [2.75, 3.05) is 5.32 Å². The molecule has 1 aromatic carbocycles. The van der Waals surface area contributed by atoms with Crippen LogP contribution in [-0.2, 0) is 6.54 Å². The first-order valence-electron chi connectivity index (χ1n) is 10.8. The number of carbonyl (C=O) groups is 1. The monoisotopic (exact) mass is 403 g/mol. The van der Waals surface area contributed by atoms with Crippen LogP contribution in [0, 0.1) is 13.8 Å². The standard InChI is InChI=1S/C25H29N3O2/c1-18-16-23(19(2)28(18)22-8-4-3-5-9-22)25(30)26-21-13-11-20(12-14-21)17-27-15-7-6-10-24(27)29/h6-7,10-16,22H,3-5,8-9,17H2,1-2H3,(H,26,30). The predicted molar refractivity (Wildman–Crippen MR) is 120 cm³/mol. The molecule has 1 fully saturated rings. The molecule has 0 spiro atoms. The molecular weight excluding hydrogens is 374 g/mol. The molecular formula is C25H29N3O2. The summed E-state index contributed by atoms with van der Waals surface area (Å²) in [5, 5.41) is 3.02. The fraction of sp³-hybridized carbons (Fsp3) is 0.360. The van der Waals surface area contributed by atoms with Gasteiger partial charge in [0.2, 0.25) is 0 Å². The molecule has 1 N–H and O–H groups in total. The predicted octanol–water partition coefficient (Wildman–Crippen LogP) is 5.07. The van der Waals surface area contributed by atoms with E-state index in [1.165, 1.54) is 32.1 Å². The third kappa shape index (κ3) is 4.25. The third-order valence-electron chi connectivity index (χ3n) is 6.13. The van der Waals surface area contributed by atoms with E-state index in [1.54, 1.807) is 22.9 Å². The summed E-state index contributed by atoms with van der Waals surface area (Å²) >= 11 is 0. The molecule has 5 nitrogen and oxygen atoms in total. The second-order valence-corrected chi connectivity index (χ2v) is 8.26. The number of nitrogens with one attached hydrogen (secondary N) is 1. The van der Waals surface area contributed by atoms with Gasteiger partial charge in [0, 0.05) is 35.4 Å². The zero-order valence-electron chi connectivity index (χ0n) is 17.7. The van der Waals surface area contributed by atoms with E-state index in [0.717, 1.165) is 28.2 Å². The van der Waals surface area contributed by atoms with Crippen LogP contribution in [-0.4, -0.2) is 15.0 Å². The molecule has 156 valence electrons. The van der Waals surface area contributed by atoms with Crippen molar-refractivity contribution >= 4 is 11.6 Å². The number of hydrogen-bond acceptors (Lipinski definition) is 2. The average Bonchev–Trinajstić information content (AvgIpc) is 3.06. The molecule has 4 rings (SSSR count). The van der Waals surface area contributed by atoms with Crippen LogP contribution in [0.1, 0.15) is 65.5 Å². The molecule has 30 heavy (non-hydrogen) atoms. The number of amides is 1. The highest BCUT2D eigenvalue weighted by molar-refractivity contribution is 6.05. The van der Waals surface area contributed by atoms with Gasteiger partial charge in [-0.05, 0) is 56.5 Å². The van der Waals surface area contributed by atoms with Crippen LogP contribution in [0.4, 0.5) is 5.69 Å². The molecule has 1 amide bonds. The molecule has 1 aliphatic carbocycles. The Morgan fingerprint density at radius 1 is 1.03 bits per heavy atom. The lowest BCUT2D eigenvalue weighted by molar-refractivity contribution is 0.102. The summed E-state index contributed by atoms with van der Waals surface area (Å²) in [6.45, 7) is 4.66. The Labute approximate surface area is 177 Å². The number of rotatable bonds is 5. The first-order chi connectivity index (χ1) is 14.5. The Balaban J connectivity index is 1.46. The first-order valence-corrected chi connectivity index (χ1v) is 10.8. The molecule has 1 aliphatic rings. The van der Waals surface area contributed by atoms with Crippen LogP contribution in [0.15, 0.2) is 59.5 Å². The van der Waals surface area contributed by atoms with Gasteiger partial charge in [0.1, 0.15) is 0 Å². The number of aryl methyl sites for hydroxylation is 1. The number of benzene rings is 1. The summed E-state index contributed by atoms with van der Waals surface area (Å²) in [7, 11) is 0. The fourth-order valence-corrected chi connectivity index (χ4v) is 4.59. The van der Waals surface area contributed by atoms with Gasteiger partial charge in [-0.3, -0.25) is 9.59 Å². The molecule has 3 aromatic rings. The van der Waals surface area contributed by atoms with Crippen molar-refractivity contribution in [1.82, 2.24) is 9.13 Å². The van der Waals surface area contributed by atoms with Crippen molar-refractivity contribution in [3.05, 3.63) is 87.6 Å². The van der Waals surface area contributed by atoms with Crippen LogP contribution >= 0.6 is 0 Å². The molecule has 0 aliphatic heterocycles. The largest absolute Gasteiger partial charge is 0.345 e. The SMILES string of the molecule is Cc1cc(C(=O)Nc2ccc(Cn3ccccc3=O)cc2)c(C)n1C1CCCCC1. The lowest BCUT2D eigenvalue weighted by atomic mass is 9.95. The van der Waals surface area contributed by atoms with Crippen molar-refractivity contribution in [2.45, 2.75) is 58.5 Å². The van der Waals surface area contributed by atoms with Gasteiger partial charge in [-0.25, -0.2) is 0 Å². The van der Waals surface area contributed by atoms with Crippen molar-refractivity contribution in [3.8, 4) is 0 Å². The summed E-state index contributed by atoms with van der Waals surface area (Å²) in [4.78, 5) is 24.8. The van der Waals surface area contributed by atoms with Crippen LogP contribution in [0.5, 0.6) is 0 Å². The van der Waals surface area contributed by atoms with Crippen molar-refractivity contribution in [1.29, 1.82) is 0 Å². The minimum atomic E-state index is -0.0720. The molecule has 2 heterocycles. The average molecular weight is 404 g/mol. The van der Waals surface area contributed by atoms with Gasteiger partial charge in [-0.1, -0.05) is 37.5 Å². The summed E-state index contributed by atoms with van der Waals surface area (Å²) in [5.41, 5.74) is 4.70. The molecule has 0 atom stereocenters. The highest BCUT2D eigenvalue weighted by atomic mass is 16.1. The maximum absolute atomic E-state index is 12.9. The summed E-state index contributed by atoms with van der Waals surface area (Å²) in [6.07, 6.45) is 8.03. The number of hydrogen-bond donors (Lipinski definition) is 1. The molecule has 0 bridgehead atoms. The van der Waals surface area contributed by atoms with Gasteiger partial charge in [-0.2, -0.15) is 0 Å². The Hall–Kier alpha value is -3.08. The van der Waals surface area contributed by atoms with Gasteiger partial charge in [0.15, 0.2) is 0 Å². The van der Waals surface area contributed by atoms with Crippen LogP contribution in [0.2, 0.25) is 0 Å². The second kappa shape index (κ2) is 8.74. The van der Waals surface area contributed by atoms with Gasteiger partial charge in [0.25, 0.3) is 11.5 Å². The lowest BCUT2D eigenvalue weighted by Gasteiger charge is -2.26. The minimum absolute atomic E-state index is 0.0248. The highest BCUT2D eigenvalue weighted by Crippen LogP contribution is 2.32. The highest BCUT2D eigenvalue weighted by Gasteiger charge is 2.22. The van der Waals surface area contributed by atoms with E-state index in [9.17, 15) is 9.59 Å². The van der Waals surface area contributed by atoms with Gasteiger partial charge in [0.05, 0.1) is 12.1 Å². The quantitative estimate of drug-likeness (QED) is 0.646. The topological polar surface area (TPSA) is 56.0 Å². The lowest BCUT2D eigenvalue weighted by Crippen LogP contribution is -2.18. The summed E-state index contributed by atoms with van der Waals surface area (Å²) in [6, 6.07) is 15.3. The van der Waals surface area contributed by atoms with Crippen molar-refractivity contribution in [3.63, 3.8) is 0 Å².